The van der Waals surface area contributed by atoms with Crippen LogP contribution in [0.3, 0.4) is 0 Å². The Kier molecular flexibility index (Phi) is 7.19. The van der Waals surface area contributed by atoms with Crippen LogP contribution >= 0.6 is 0 Å². The Morgan fingerprint density at radius 3 is 0.829 bits per heavy atom. The van der Waals surface area contributed by atoms with Crippen molar-refractivity contribution in [1.82, 2.24) is 42.5 Å². The first-order chi connectivity index (χ1) is 20.2. The molecular weight excluding hydrogens is 512 g/mol. The number of hydrogen-bond acceptors (Lipinski definition) is 9. The molecule has 41 heavy (non-hydrogen) atoms. The second-order valence-corrected chi connectivity index (χ2v) is 15.8. The average Bonchev–Trinajstić information content (AvgIpc) is 3.72. The lowest BCUT2D eigenvalue weighted by Crippen LogP contribution is -2.61. The second-order valence-electron chi connectivity index (χ2n) is 15.8. The van der Waals surface area contributed by atoms with Crippen LogP contribution in [0.2, 0.25) is 0 Å². The summed E-state index contributed by atoms with van der Waals surface area (Å²) in [6.45, 7) is 0. The molecule has 230 valence electrons. The van der Waals surface area contributed by atoms with Crippen molar-refractivity contribution in [3.05, 3.63) is 0 Å². The smallest absolute Gasteiger partial charge is 0.0629 e. The molecule has 17 unspecified atom stereocenters. The number of hydrogen-bond donors (Lipinski definition) is 9. The highest BCUT2D eigenvalue weighted by Crippen LogP contribution is 2.45. The summed E-state index contributed by atoms with van der Waals surface area (Å²) in [7, 11) is 0. The zero-order valence-corrected chi connectivity index (χ0v) is 24.9. The molecule has 4 saturated carbocycles. The normalized spacial score (nSPS) is 58.3. The lowest BCUT2D eigenvalue weighted by molar-refractivity contribution is 0.0615. The molecule has 0 aromatic carbocycles. The Hall–Kier alpha value is -0.360. The van der Waals surface area contributed by atoms with E-state index in [9.17, 15) is 5.11 Å². The van der Waals surface area contributed by atoms with Gasteiger partial charge in [0.05, 0.1) is 55.4 Å². The number of rotatable bonds is 0. The van der Waals surface area contributed by atoms with Crippen LogP contribution in [0, 0.1) is 47.3 Å². The van der Waals surface area contributed by atoms with E-state index in [0.717, 1.165) is 25.2 Å². The number of aliphatic hydroxyl groups is 1. The van der Waals surface area contributed by atoms with Crippen LogP contribution < -0.4 is 42.5 Å². The fraction of sp³-hybridized carbons (Fsp3) is 1.00. The van der Waals surface area contributed by atoms with Gasteiger partial charge in [-0.3, -0.25) is 42.5 Å². The minimum absolute atomic E-state index is 0.158. The maximum absolute atomic E-state index is 10.8. The fourth-order valence-corrected chi connectivity index (χ4v) is 12.0. The molecule has 9 rings (SSSR count). The van der Waals surface area contributed by atoms with Gasteiger partial charge >= 0.3 is 0 Å². The third-order valence-corrected chi connectivity index (χ3v) is 13.9. The predicted molar refractivity (Wildman–Crippen MR) is 159 cm³/mol. The average molecular weight is 569 g/mol. The van der Waals surface area contributed by atoms with Crippen molar-refractivity contribution in [3.8, 4) is 0 Å². The zero-order chi connectivity index (χ0) is 27.1. The molecule has 9 fully saturated rings. The Morgan fingerprint density at radius 2 is 0.537 bits per heavy atom. The summed E-state index contributed by atoms with van der Waals surface area (Å²) in [5.41, 5.74) is 0. The Balaban J connectivity index is 1.05. The van der Waals surface area contributed by atoms with Gasteiger partial charge in [0, 0.05) is 0 Å². The van der Waals surface area contributed by atoms with Gasteiger partial charge in [-0.1, -0.05) is 38.5 Å². The number of fused-ring (bicyclic) bond motifs is 20. The molecule has 9 nitrogen and oxygen atoms in total. The summed E-state index contributed by atoms with van der Waals surface area (Å²) < 4.78 is 0. The van der Waals surface area contributed by atoms with Crippen LogP contribution in [-0.2, 0) is 0 Å². The quantitative estimate of drug-likeness (QED) is 0.215. The maximum Gasteiger partial charge on any atom is 0.0629 e. The van der Waals surface area contributed by atoms with E-state index in [4.69, 9.17) is 0 Å². The topological polar surface area (TPSA) is 116 Å². The first-order valence-corrected chi connectivity index (χ1v) is 18.0. The summed E-state index contributed by atoms with van der Waals surface area (Å²) in [5.74, 6) is 5.24. The molecule has 8 bridgehead atoms. The van der Waals surface area contributed by atoms with E-state index >= 15 is 0 Å². The molecular formula is C32H56N8O. The van der Waals surface area contributed by atoms with E-state index in [1.54, 1.807) is 0 Å². The van der Waals surface area contributed by atoms with Gasteiger partial charge in [0.2, 0.25) is 0 Å². The summed E-state index contributed by atoms with van der Waals surface area (Å²) in [5, 5.41) is 44.1. The van der Waals surface area contributed by atoms with Gasteiger partial charge in [-0.2, -0.15) is 0 Å². The minimum atomic E-state index is -0.158. The third-order valence-electron chi connectivity index (χ3n) is 13.9. The van der Waals surface area contributed by atoms with Crippen LogP contribution in [0.4, 0.5) is 0 Å². The molecule has 0 radical (unpaired) electrons. The van der Waals surface area contributed by atoms with E-state index < -0.39 is 0 Å². The van der Waals surface area contributed by atoms with Gasteiger partial charge in [-0.25, -0.2) is 0 Å². The van der Waals surface area contributed by atoms with Crippen LogP contribution in [0.1, 0.15) is 96.3 Å². The monoisotopic (exact) mass is 568 g/mol. The Bertz CT molecular complexity index is 953. The molecule has 0 aromatic rings. The third kappa shape index (κ3) is 4.67. The number of aliphatic hydroxyl groups excluding tert-OH is 1. The summed E-state index contributed by atoms with van der Waals surface area (Å²) in [6, 6.07) is 0. The van der Waals surface area contributed by atoms with Gasteiger partial charge < -0.3 is 5.11 Å². The predicted octanol–water partition coefficient (Wildman–Crippen LogP) is 1.58. The highest BCUT2D eigenvalue weighted by atomic mass is 16.3. The number of nitrogens with one attached hydrogen (secondary N) is 8. The van der Waals surface area contributed by atoms with Crippen LogP contribution in [0.25, 0.3) is 0 Å². The van der Waals surface area contributed by atoms with Crippen molar-refractivity contribution in [3.63, 3.8) is 0 Å². The van der Waals surface area contributed by atoms with E-state index in [2.05, 4.69) is 42.5 Å². The zero-order valence-electron chi connectivity index (χ0n) is 24.9. The highest BCUT2D eigenvalue weighted by molar-refractivity contribution is 5.08. The van der Waals surface area contributed by atoms with Crippen molar-refractivity contribution >= 4 is 0 Å². The van der Waals surface area contributed by atoms with Crippen molar-refractivity contribution in [2.45, 2.75) is 152 Å². The molecule has 4 aliphatic carbocycles. The molecule has 0 spiro atoms. The molecule has 9 N–H and O–H groups in total. The molecule has 5 heterocycles. The summed E-state index contributed by atoms with van der Waals surface area (Å²) in [6.07, 6.45) is 21.8. The van der Waals surface area contributed by atoms with E-state index in [-0.39, 0.29) is 12.3 Å². The molecule has 5 aliphatic heterocycles. The lowest BCUT2D eigenvalue weighted by atomic mass is 9.76. The van der Waals surface area contributed by atoms with Crippen molar-refractivity contribution < 1.29 is 5.11 Å². The Morgan fingerprint density at radius 1 is 0.293 bits per heavy atom. The van der Waals surface area contributed by atoms with E-state index in [1.807, 2.05) is 0 Å². The van der Waals surface area contributed by atoms with Crippen molar-refractivity contribution in [2.75, 3.05) is 0 Å². The fourth-order valence-electron chi connectivity index (χ4n) is 12.0. The maximum atomic E-state index is 10.8. The largest absolute Gasteiger partial charge is 0.393 e. The molecule has 0 amide bonds. The summed E-state index contributed by atoms with van der Waals surface area (Å²) >= 11 is 0. The molecule has 0 aromatic heterocycles. The standard InChI is InChI=1S/C32H56N8O/c41-16-13-14-23-24(15-16)32-39-30-22-12-6-5-11-21(22)28(37-30)35-26-18-8-2-1-7-17(18)25(33-26)34-27-19-9-3-4-10-20(19)29(36-27)38-31(23)40-32/h16-41H,1-15H2. The van der Waals surface area contributed by atoms with Crippen LogP contribution in [0.5, 0.6) is 0 Å². The van der Waals surface area contributed by atoms with Gasteiger partial charge in [0.1, 0.15) is 0 Å². The molecule has 9 aliphatic rings. The van der Waals surface area contributed by atoms with Crippen molar-refractivity contribution in [1.29, 1.82) is 0 Å². The highest BCUT2D eigenvalue weighted by Gasteiger charge is 2.54. The van der Waals surface area contributed by atoms with Gasteiger partial charge in [0.15, 0.2) is 0 Å². The molecule has 5 saturated heterocycles. The first kappa shape index (κ1) is 27.0. The van der Waals surface area contributed by atoms with Crippen LogP contribution in [0.15, 0.2) is 0 Å². The minimum Gasteiger partial charge on any atom is -0.393 e. The van der Waals surface area contributed by atoms with E-state index in [1.165, 1.54) is 77.0 Å². The Labute approximate surface area is 246 Å². The van der Waals surface area contributed by atoms with Crippen molar-refractivity contribution in [2.24, 2.45) is 47.3 Å². The van der Waals surface area contributed by atoms with E-state index in [0.29, 0.717) is 84.6 Å². The summed E-state index contributed by atoms with van der Waals surface area (Å²) in [4.78, 5) is 0. The first-order valence-electron chi connectivity index (χ1n) is 18.0. The van der Waals surface area contributed by atoms with Crippen LogP contribution in [-0.4, -0.2) is 60.5 Å². The van der Waals surface area contributed by atoms with Gasteiger partial charge in [-0.15, -0.1) is 0 Å². The van der Waals surface area contributed by atoms with Gasteiger partial charge in [0.25, 0.3) is 0 Å². The van der Waals surface area contributed by atoms with Gasteiger partial charge in [-0.05, 0) is 105 Å². The SMILES string of the molecule is OC1CCC2C3NC4NC(NC5NC(NC6NC(NC(N3)C2C1)C1CCCCC61)C1CCCCC51)C1CCCCC41. The molecule has 9 heteroatoms. The second kappa shape index (κ2) is 10.9. The lowest BCUT2D eigenvalue weighted by Gasteiger charge is -2.36. The molecule has 17 atom stereocenters.